The standard InChI is InChI=1S/C26H22N6O2/c1-26(2,3)12-22-29-23-20(13-27)30-31-21(14-28)24(23)32(22)15-16-8-10-17(11-9-16)18-6-4-5-7-19(18)25(33)34/h4-11H,12,15H2,1-3H3,(H,33,34). The lowest BCUT2D eigenvalue weighted by atomic mass is 9.92. The number of nitriles is 2. The minimum Gasteiger partial charge on any atom is -0.478 e. The van der Waals surface area contributed by atoms with E-state index in [2.05, 4.69) is 37.0 Å². The van der Waals surface area contributed by atoms with Gasteiger partial charge in [0.05, 0.1) is 5.56 Å². The SMILES string of the molecule is CC(C)(C)Cc1nc2c(C#N)nnc(C#N)c2n1Cc1ccc(-c2ccccc2C(=O)O)cc1. The monoisotopic (exact) mass is 450 g/mol. The van der Waals surface area contributed by atoms with E-state index < -0.39 is 5.97 Å². The van der Waals surface area contributed by atoms with Crippen LogP contribution in [0.1, 0.15) is 53.9 Å². The molecule has 8 nitrogen and oxygen atoms in total. The number of carboxylic acid groups (broad SMARTS) is 1. The number of aromatic carboxylic acids is 1. The zero-order chi connectivity index (χ0) is 24.5. The fourth-order valence-electron chi connectivity index (χ4n) is 3.92. The van der Waals surface area contributed by atoms with Gasteiger partial charge in [0.2, 0.25) is 0 Å². The Morgan fingerprint density at radius 1 is 1.00 bits per heavy atom. The fourth-order valence-corrected chi connectivity index (χ4v) is 3.92. The molecule has 8 heteroatoms. The molecule has 0 atom stereocenters. The normalized spacial score (nSPS) is 11.2. The Morgan fingerprint density at radius 2 is 1.65 bits per heavy atom. The summed E-state index contributed by atoms with van der Waals surface area (Å²) in [6, 6.07) is 18.6. The first-order valence-electron chi connectivity index (χ1n) is 10.7. The number of imidazole rings is 1. The van der Waals surface area contributed by atoms with Gasteiger partial charge in [-0.1, -0.05) is 63.2 Å². The van der Waals surface area contributed by atoms with Crippen molar-refractivity contribution in [1.82, 2.24) is 19.7 Å². The molecule has 0 saturated carbocycles. The number of carboxylic acids is 1. The topological polar surface area (TPSA) is 128 Å². The van der Waals surface area contributed by atoms with Crippen molar-refractivity contribution in [2.45, 2.75) is 33.7 Å². The van der Waals surface area contributed by atoms with E-state index in [1.54, 1.807) is 18.2 Å². The molecule has 0 radical (unpaired) electrons. The first-order valence-corrected chi connectivity index (χ1v) is 10.7. The van der Waals surface area contributed by atoms with Crippen LogP contribution in [-0.2, 0) is 13.0 Å². The molecular weight excluding hydrogens is 428 g/mol. The Bertz CT molecular complexity index is 1480. The first kappa shape index (κ1) is 22.6. The van der Waals surface area contributed by atoms with E-state index in [1.165, 1.54) is 0 Å². The average molecular weight is 451 g/mol. The molecule has 4 rings (SSSR count). The maximum atomic E-state index is 11.6. The van der Waals surface area contributed by atoms with Crippen molar-refractivity contribution in [3.05, 3.63) is 76.9 Å². The first-order chi connectivity index (χ1) is 16.2. The highest BCUT2D eigenvalue weighted by Gasteiger charge is 2.23. The lowest BCUT2D eigenvalue weighted by molar-refractivity contribution is 0.0697. The van der Waals surface area contributed by atoms with Gasteiger partial charge in [-0.15, -0.1) is 10.2 Å². The molecule has 0 aliphatic rings. The summed E-state index contributed by atoms with van der Waals surface area (Å²) in [5, 5.41) is 36.4. The van der Waals surface area contributed by atoms with E-state index in [1.807, 2.05) is 41.0 Å². The van der Waals surface area contributed by atoms with Gasteiger partial charge in [0, 0.05) is 13.0 Å². The predicted octanol–water partition coefficient (Wildman–Crippen LogP) is 4.57. The number of nitrogens with zero attached hydrogens (tertiary/aromatic N) is 6. The third-order valence-corrected chi connectivity index (χ3v) is 5.41. The molecule has 4 aromatic rings. The van der Waals surface area contributed by atoms with E-state index in [-0.39, 0.29) is 22.4 Å². The molecule has 0 unspecified atom stereocenters. The number of aromatic nitrogens is 4. The summed E-state index contributed by atoms with van der Waals surface area (Å²) in [5.41, 5.74) is 3.61. The van der Waals surface area contributed by atoms with Gasteiger partial charge >= 0.3 is 5.97 Å². The zero-order valence-corrected chi connectivity index (χ0v) is 19.1. The highest BCUT2D eigenvalue weighted by molar-refractivity contribution is 5.96. The van der Waals surface area contributed by atoms with Gasteiger partial charge in [0.25, 0.3) is 0 Å². The maximum absolute atomic E-state index is 11.6. The van der Waals surface area contributed by atoms with Crippen LogP contribution in [0.3, 0.4) is 0 Å². The molecule has 34 heavy (non-hydrogen) atoms. The van der Waals surface area contributed by atoms with Crippen molar-refractivity contribution in [3.63, 3.8) is 0 Å². The zero-order valence-electron chi connectivity index (χ0n) is 19.1. The Balaban J connectivity index is 1.80. The van der Waals surface area contributed by atoms with E-state index in [0.717, 1.165) is 17.0 Å². The minimum atomic E-state index is -0.977. The molecular formula is C26H22N6O2. The van der Waals surface area contributed by atoms with Crippen LogP contribution < -0.4 is 0 Å². The molecule has 0 spiro atoms. The summed E-state index contributed by atoms with van der Waals surface area (Å²) in [5.74, 6) is -0.236. The lowest BCUT2D eigenvalue weighted by Crippen LogP contribution is -2.15. The smallest absolute Gasteiger partial charge is 0.336 e. The molecule has 0 aliphatic carbocycles. The summed E-state index contributed by atoms with van der Waals surface area (Å²) in [4.78, 5) is 16.3. The van der Waals surface area contributed by atoms with E-state index in [4.69, 9.17) is 4.98 Å². The second-order valence-electron chi connectivity index (χ2n) is 9.22. The van der Waals surface area contributed by atoms with E-state index in [0.29, 0.717) is 29.6 Å². The predicted molar refractivity (Wildman–Crippen MR) is 126 cm³/mol. The number of carbonyl (C=O) groups is 1. The third-order valence-electron chi connectivity index (χ3n) is 5.41. The number of rotatable bonds is 5. The minimum absolute atomic E-state index is 0.0794. The van der Waals surface area contributed by atoms with Gasteiger partial charge in [-0.05, 0) is 28.2 Å². The van der Waals surface area contributed by atoms with Crippen molar-refractivity contribution in [2.75, 3.05) is 0 Å². The van der Waals surface area contributed by atoms with Crippen molar-refractivity contribution in [2.24, 2.45) is 5.41 Å². The number of benzene rings is 2. The molecule has 2 aromatic carbocycles. The van der Waals surface area contributed by atoms with Gasteiger partial charge in [-0.3, -0.25) is 0 Å². The molecule has 2 heterocycles. The van der Waals surface area contributed by atoms with Crippen LogP contribution in [0.5, 0.6) is 0 Å². The summed E-state index contributed by atoms with van der Waals surface area (Å²) in [6.45, 7) is 6.70. The van der Waals surface area contributed by atoms with Crippen LogP contribution in [0.4, 0.5) is 0 Å². The second-order valence-corrected chi connectivity index (χ2v) is 9.22. The Labute approximate surface area is 196 Å². The van der Waals surface area contributed by atoms with Gasteiger partial charge in [-0.2, -0.15) is 10.5 Å². The molecule has 2 aromatic heterocycles. The number of hydrogen-bond donors (Lipinski definition) is 1. The van der Waals surface area contributed by atoms with Crippen molar-refractivity contribution in [1.29, 1.82) is 10.5 Å². The Kier molecular flexibility index (Phi) is 5.83. The van der Waals surface area contributed by atoms with Gasteiger partial charge in [0.15, 0.2) is 11.4 Å². The van der Waals surface area contributed by atoms with Crippen molar-refractivity contribution in [3.8, 4) is 23.3 Å². The summed E-state index contributed by atoms with van der Waals surface area (Å²) < 4.78 is 1.93. The van der Waals surface area contributed by atoms with Crippen molar-refractivity contribution < 1.29 is 9.90 Å². The van der Waals surface area contributed by atoms with Crippen LogP contribution in [0, 0.1) is 28.1 Å². The Morgan fingerprint density at radius 3 is 2.26 bits per heavy atom. The maximum Gasteiger partial charge on any atom is 0.336 e. The largest absolute Gasteiger partial charge is 0.478 e. The van der Waals surface area contributed by atoms with Crippen LogP contribution in [0.25, 0.3) is 22.2 Å². The molecule has 0 bridgehead atoms. The lowest BCUT2D eigenvalue weighted by Gasteiger charge is -2.19. The van der Waals surface area contributed by atoms with Gasteiger partial charge in [0.1, 0.15) is 29.0 Å². The molecule has 168 valence electrons. The average Bonchev–Trinajstić information content (AvgIpc) is 3.15. The fraction of sp³-hybridized carbons (Fsp3) is 0.231. The molecule has 0 fully saturated rings. The van der Waals surface area contributed by atoms with Crippen LogP contribution >= 0.6 is 0 Å². The van der Waals surface area contributed by atoms with Gasteiger partial charge in [-0.25, -0.2) is 9.78 Å². The Hall–Kier alpha value is -4.56. The summed E-state index contributed by atoms with van der Waals surface area (Å²) in [7, 11) is 0. The van der Waals surface area contributed by atoms with Gasteiger partial charge < -0.3 is 9.67 Å². The molecule has 0 aliphatic heterocycles. The quantitative estimate of drug-likeness (QED) is 0.471. The highest BCUT2D eigenvalue weighted by atomic mass is 16.4. The number of fused-ring (bicyclic) bond motifs is 1. The molecule has 0 saturated heterocycles. The number of hydrogen-bond acceptors (Lipinski definition) is 6. The third kappa shape index (κ3) is 4.35. The second kappa shape index (κ2) is 8.76. The molecule has 0 amide bonds. The van der Waals surface area contributed by atoms with E-state index in [9.17, 15) is 20.4 Å². The van der Waals surface area contributed by atoms with Crippen LogP contribution in [0.2, 0.25) is 0 Å². The summed E-state index contributed by atoms with van der Waals surface area (Å²) >= 11 is 0. The highest BCUT2D eigenvalue weighted by Crippen LogP contribution is 2.28. The van der Waals surface area contributed by atoms with Crippen molar-refractivity contribution >= 4 is 17.0 Å². The van der Waals surface area contributed by atoms with Crippen LogP contribution in [-0.4, -0.2) is 30.8 Å². The van der Waals surface area contributed by atoms with E-state index >= 15 is 0 Å². The summed E-state index contributed by atoms with van der Waals surface area (Å²) in [6.07, 6.45) is 0.626. The van der Waals surface area contributed by atoms with Crippen LogP contribution in [0.15, 0.2) is 48.5 Å². The molecule has 1 N–H and O–H groups in total.